The number of nitrogens with one attached hydrogen (secondary N) is 2. The van der Waals surface area contributed by atoms with E-state index in [0.717, 1.165) is 0 Å². The molecular formula is C15H19N3O6S. The minimum atomic E-state index is -0.929. The zero-order valence-corrected chi connectivity index (χ0v) is 14.4. The highest BCUT2D eigenvalue weighted by molar-refractivity contribution is 7.14. The zero-order chi connectivity index (χ0) is 18.4. The summed E-state index contributed by atoms with van der Waals surface area (Å²) in [6.45, 7) is 0.591. The number of carboxylic acids is 1. The fourth-order valence-electron chi connectivity index (χ4n) is 2.44. The van der Waals surface area contributed by atoms with Crippen molar-refractivity contribution in [3.63, 3.8) is 0 Å². The van der Waals surface area contributed by atoms with Crippen molar-refractivity contribution in [2.75, 3.05) is 25.1 Å². The number of aliphatic carboxylic acids is 1. The van der Waals surface area contributed by atoms with E-state index in [1.165, 1.54) is 23.3 Å². The molecule has 0 spiro atoms. The minimum Gasteiger partial charge on any atom is -0.481 e. The maximum absolute atomic E-state index is 12.5. The van der Waals surface area contributed by atoms with E-state index in [1.54, 1.807) is 11.4 Å². The number of carboxylic acid groups (broad SMARTS) is 1. The molecule has 1 atom stereocenters. The number of urea groups is 1. The number of hydrogen-bond donors (Lipinski definition) is 3. The van der Waals surface area contributed by atoms with E-state index in [2.05, 4.69) is 10.6 Å². The molecule has 1 aromatic rings. The molecule has 1 saturated heterocycles. The quantitative estimate of drug-likeness (QED) is 0.482. The number of methoxy groups -OCH3 is 1. The van der Waals surface area contributed by atoms with Crippen molar-refractivity contribution in [2.45, 2.75) is 25.3 Å². The Labute approximate surface area is 147 Å². The van der Waals surface area contributed by atoms with Gasteiger partial charge in [0.2, 0.25) is 5.91 Å². The summed E-state index contributed by atoms with van der Waals surface area (Å²) in [5.41, 5.74) is 0.319. The first-order chi connectivity index (χ1) is 11.9. The van der Waals surface area contributed by atoms with Crippen LogP contribution in [-0.2, 0) is 14.3 Å². The number of hydrogen-bond acceptors (Lipinski definition) is 6. The number of amides is 3. The van der Waals surface area contributed by atoms with Crippen LogP contribution in [0.3, 0.4) is 0 Å². The second-order valence-corrected chi connectivity index (χ2v) is 6.25. The Hall–Kier alpha value is -2.62. The third-order valence-electron chi connectivity index (χ3n) is 3.66. The number of thiophene rings is 1. The number of carbonyl (C=O) groups is 4. The van der Waals surface area contributed by atoms with Crippen molar-refractivity contribution >= 4 is 40.2 Å². The molecule has 136 valence electrons. The lowest BCUT2D eigenvalue weighted by Crippen LogP contribution is -2.46. The van der Waals surface area contributed by atoms with E-state index >= 15 is 0 Å². The van der Waals surface area contributed by atoms with E-state index in [9.17, 15) is 19.2 Å². The van der Waals surface area contributed by atoms with Gasteiger partial charge in [0.25, 0.3) is 0 Å². The van der Waals surface area contributed by atoms with Gasteiger partial charge in [-0.05, 0) is 24.3 Å². The van der Waals surface area contributed by atoms with Crippen LogP contribution in [0.5, 0.6) is 0 Å². The van der Waals surface area contributed by atoms with Crippen LogP contribution < -0.4 is 15.5 Å². The normalized spacial score (nSPS) is 16.6. The van der Waals surface area contributed by atoms with Crippen molar-refractivity contribution in [2.24, 2.45) is 0 Å². The fourth-order valence-corrected chi connectivity index (χ4v) is 3.36. The van der Waals surface area contributed by atoms with Gasteiger partial charge in [0.15, 0.2) is 0 Å². The Balaban J connectivity index is 1.89. The van der Waals surface area contributed by atoms with Gasteiger partial charge in [0.1, 0.15) is 11.0 Å². The number of rotatable bonds is 7. The van der Waals surface area contributed by atoms with Crippen LogP contribution in [0.4, 0.5) is 9.80 Å². The molecule has 0 aliphatic carbocycles. The first-order valence-corrected chi connectivity index (χ1v) is 8.55. The van der Waals surface area contributed by atoms with Gasteiger partial charge in [0.05, 0.1) is 12.7 Å². The molecule has 3 amide bonds. The Bertz CT molecular complexity index is 674. The third kappa shape index (κ3) is 4.69. The summed E-state index contributed by atoms with van der Waals surface area (Å²) < 4.78 is 4.70. The smallest absolute Gasteiger partial charge is 0.340 e. The molecule has 2 heterocycles. The molecule has 2 rings (SSSR count). The molecule has 9 nitrogen and oxygen atoms in total. The van der Waals surface area contributed by atoms with Crippen molar-refractivity contribution in [3.05, 3.63) is 17.0 Å². The first-order valence-electron chi connectivity index (χ1n) is 7.67. The molecule has 1 aliphatic rings. The average molecular weight is 369 g/mol. The van der Waals surface area contributed by atoms with Crippen LogP contribution in [0.15, 0.2) is 11.4 Å². The molecule has 1 fully saturated rings. The SMILES string of the molecule is COC(=O)c1ccsc1N1CCC(NC(=O)NCCCC(=O)O)C1=O. The summed E-state index contributed by atoms with van der Waals surface area (Å²) in [4.78, 5) is 47.9. The fraction of sp³-hybridized carbons (Fsp3) is 0.467. The highest BCUT2D eigenvalue weighted by Gasteiger charge is 2.36. The van der Waals surface area contributed by atoms with Gasteiger partial charge >= 0.3 is 18.0 Å². The molecule has 0 saturated carbocycles. The third-order valence-corrected chi connectivity index (χ3v) is 4.59. The monoisotopic (exact) mass is 369 g/mol. The van der Waals surface area contributed by atoms with Crippen molar-refractivity contribution in [1.82, 2.24) is 10.6 Å². The van der Waals surface area contributed by atoms with Crippen LogP contribution >= 0.6 is 11.3 Å². The Morgan fingerprint density at radius 2 is 2.20 bits per heavy atom. The highest BCUT2D eigenvalue weighted by atomic mass is 32.1. The van der Waals surface area contributed by atoms with E-state index in [1.807, 2.05) is 0 Å². The zero-order valence-electron chi connectivity index (χ0n) is 13.6. The van der Waals surface area contributed by atoms with Crippen molar-refractivity contribution < 1.29 is 29.0 Å². The molecule has 25 heavy (non-hydrogen) atoms. The van der Waals surface area contributed by atoms with Gasteiger partial charge in [-0.3, -0.25) is 9.59 Å². The van der Waals surface area contributed by atoms with E-state index < -0.39 is 24.0 Å². The summed E-state index contributed by atoms with van der Waals surface area (Å²) in [6, 6.07) is 0.381. The van der Waals surface area contributed by atoms with Crippen molar-refractivity contribution in [1.29, 1.82) is 0 Å². The second kappa shape index (κ2) is 8.47. The number of anilines is 1. The Kier molecular flexibility index (Phi) is 6.34. The number of carbonyl (C=O) groups excluding carboxylic acids is 3. The summed E-state index contributed by atoms with van der Waals surface area (Å²) >= 11 is 1.26. The summed E-state index contributed by atoms with van der Waals surface area (Å²) in [5, 5.41) is 15.8. The molecule has 0 bridgehead atoms. The molecule has 0 radical (unpaired) electrons. The van der Waals surface area contributed by atoms with Gasteiger partial charge in [-0.25, -0.2) is 9.59 Å². The summed E-state index contributed by atoms with van der Waals surface area (Å²) in [5.74, 6) is -1.74. The standard InChI is InChI=1S/C15H19N3O6S/c1-24-14(22)9-5-8-25-13(9)18-7-4-10(12(18)21)17-15(23)16-6-2-3-11(19)20/h5,8,10H,2-4,6-7H2,1H3,(H,19,20)(H2,16,17,23). The highest BCUT2D eigenvalue weighted by Crippen LogP contribution is 2.31. The lowest BCUT2D eigenvalue weighted by atomic mass is 10.2. The van der Waals surface area contributed by atoms with Crippen LogP contribution in [0, 0.1) is 0 Å². The molecule has 10 heteroatoms. The predicted octanol–water partition coefficient (Wildman–Crippen LogP) is 0.804. The summed E-state index contributed by atoms with van der Waals surface area (Å²) in [7, 11) is 1.27. The number of nitrogens with zero attached hydrogens (tertiary/aromatic N) is 1. The average Bonchev–Trinajstić information content (AvgIpc) is 3.18. The van der Waals surface area contributed by atoms with Gasteiger partial charge in [-0.15, -0.1) is 11.3 Å². The van der Waals surface area contributed by atoms with Gasteiger partial charge in [-0.2, -0.15) is 0 Å². The second-order valence-electron chi connectivity index (χ2n) is 5.36. The van der Waals surface area contributed by atoms with Gasteiger partial charge in [0, 0.05) is 19.5 Å². The number of ether oxygens (including phenoxy) is 1. The van der Waals surface area contributed by atoms with Crippen LogP contribution in [0.1, 0.15) is 29.6 Å². The minimum absolute atomic E-state index is 0.0366. The molecular weight excluding hydrogens is 350 g/mol. The molecule has 3 N–H and O–H groups in total. The first kappa shape index (κ1) is 18.7. The van der Waals surface area contributed by atoms with E-state index in [4.69, 9.17) is 9.84 Å². The summed E-state index contributed by atoms with van der Waals surface area (Å²) in [6.07, 6.45) is 0.691. The molecule has 1 aliphatic heterocycles. The van der Waals surface area contributed by atoms with Crippen LogP contribution in [-0.4, -0.2) is 55.2 Å². The van der Waals surface area contributed by atoms with E-state index in [-0.39, 0.29) is 18.9 Å². The van der Waals surface area contributed by atoms with Gasteiger partial charge < -0.3 is 25.4 Å². The number of esters is 1. The largest absolute Gasteiger partial charge is 0.481 e. The maximum atomic E-state index is 12.5. The maximum Gasteiger partial charge on any atom is 0.340 e. The van der Waals surface area contributed by atoms with Crippen LogP contribution in [0.25, 0.3) is 0 Å². The van der Waals surface area contributed by atoms with Crippen LogP contribution in [0.2, 0.25) is 0 Å². The molecule has 0 aromatic carbocycles. The Morgan fingerprint density at radius 1 is 1.44 bits per heavy atom. The van der Waals surface area contributed by atoms with E-state index in [0.29, 0.717) is 30.0 Å². The molecule has 1 unspecified atom stereocenters. The predicted molar refractivity (Wildman–Crippen MR) is 89.8 cm³/mol. The molecule has 1 aromatic heterocycles. The van der Waals surface area contributed by atoms with Gasteiger partial charge in [-0.1, -0.05) is 0 Å². The van der Waals surface area contributed by atoms with Crippen molar-refractivity contribution in [3.8, 4) is 0 Å². The topological polar surface area (TPSA) is 125 Å². The Morgan fingerprint density at radius 3 is 2.88 bits per heavy atom. The lowest BCUT2D eigenvalue weighted by molar-refractivity contribution is -0.137. The lowest BCUT2D eigenvalue weighted by Gasteiger charge is -2.17.